The van der Waals surface area contributed by atoms with Crippen LogP contribution in [0.2, 0.25) is 0 Å². The fourth-order valence-electron chi connectivity index (χ4n) is 1.17. The van der Waals surface area contributed by atoms with E-state index in [1.165, 1.54) is 12.2 Å². The van der Waals surface area contributed by atoms with Crippen LogP contribution >= 0.6 is 0 Å². The van der Waals surface area contributed by atoms with Crippen LogP contribution < -0.4 is 0 Å². The molecule has 0 spiro atoms. The number of ether oxygens (including phenoxy) is 2. The van der Waals surface area contributed by atoms with E-state index in [-0.39, 0.29) is 11.9 Å². The first kappa shape index (κ1) is 16.4. The smallest absolute Gasteiger partial charge is 0.330 e. The molecule has 0 aromatic rings. The van der Waals surface area contributed by atoms with Crippen LogP contribution in [0.5, 0.6) is 0 Å². The molecule has 0 aliphatic rings. The summed E-state index contributed by atoms with van der Waals surface area (Å²) in [7, 11) is 0. The predicted octanol–water partition coefficient (Wildman–Crippen LogP) is 2.79. The topological polar surface area (TPSA) is 52.6 Å². The van der Waals surface area contributed by atoms with Crippen molar-refractivity contribution in [3.8, 4) is 0 Å². The second kappa shape index (κ2) is 11.9. The van der Waals surface area contributed by atoms with Gasteiger partial charge in [0.25, 0.3) is 0 Å². The average molecular weight is 254 g/mol. The minimum absolute atomic E-state index is 0.295. The molecule has 0 amide bonds. The Hall–Kier alpha value is -1.58. The number of allylic oxidation sites excluding steroid dienone is 2. The minimum atomic E-state index is -0.311. The second-order valence-corrected chi connectivity index (χ2v) is 3.71. The molecule has 0 aliphatic heterocycles. The molecule has 0 rings (SSSR count). The molecular weight excluding hydrogens is 232 g/mol. The first-order valence-electron chi connectivity index (χ1n) is 6.33. The molecule has 0 radical (unpaired) electrons. The highest BCUT2D eigenvalue weighted by Gasteiger charge is 1.98. The molecule has 102 valence electrons. The van der Waals surface area contributed by atoms with Crippen molar-refractivity contribution in [1.29, 1.82) is 0 Å². The third-order valence-corrected chi connectivity index (χ3v) is 2.07. The molecule has 0 unspecified atom stereocenters. The Bertz CT molecular complexity index is 292. The largest absolute Gasteiger partial charge is 0.463 e. The highest BCUT2D eigenvalue weighted by molar-refractivity contribution is 5.82. The summed E-state index contributed by atoms with van der Waals surface area (Å²) in [6, 6.07) is 0. The zero-order valence-electron chi connectivity index (χ0n) is 11.2. The predicted molar refractivity (Wildman–Crippen MR) is 70.0 cm³/mol. The van der Waals surface area contributed by atoms with Gasteiger partial charge in [-0.05, 0) is 32.6 Å². The molecule has 0 atom stereocenters. The maximum atomic E-state index is 11.1. The van der Waals surface area contributed by atoms with Gasteiger partial charge >= 0.3 is 11.9 Å². The summed E-state index contributed by atoms with van der Waals surface area (Å²) in [5.74, 6) is -0.606. The number of rotatable bonds is 9. The molecule has 4 heteroatoms. The first-order chi connectivity index (χ1) is 8.70. The number of carbonyl (C=O) groups excluding carboxylic acids is 2. The van der Waals surface area contributed by atoms with Crippen LogP contribution in [-0.2, 0) is 19.1 Å². The van der Waals surface area contributed by atoms with E-state index in [2.05, 4.69) is 0 Å². The van der Waals surface area contributed by atoms with Crippen molar-refractivity contribution >= 4 is 11.9 Å². The summed E-state index contributed by atoms with van der Waals surface area (Å²) < 4.78 is 9.88. The lowest BCUT2D eigenvalue weighted by Crippen LogP contribution is -2.04. The lowest BCUT2D eigenvalue weighted by atomic mass is 10.2. The standard InChI is InChI=1S/C14H22O4/c1-3-5-10-14(16)18-12-8-6-7-11-17-13(15)9-4-2/h4-5,9-10H,3,6-8,11-12H2,1-2H3. The summed E-state index contributed by atoms with van der Waals surface area (Å²) >= 11 is 0. The quantitative estimate of drug-likeness (QED) is 0.360. The molecule has 0 saturated carbocycles. The van der Waals surface area contributed by atoms with E-state index < -0.39 is 0 Å². The van der Waals surface area contributed by atoms with E-state index in [9.17, 15) is 9.59 Å². The molecule has 0 bridgehead atoms. The lowest BCUT2D eigenvalue weighted by molar-refractivity contribution is -0.138. The molecule has 0 saturated heterocycles. The summed E-state index contributed by atoms with van der Waals surface area (Å²) in [6.45, 7) is 4.55. The van der Waals surface area contributed by atoms with Crippen LogP contribution in [0.15, 0.2) is 24.3 Å². The van der Waals surface area contributed by atoms with Gasteiger partial charge in [-0.25, -0.2) is 9.59 Å². The molecule has 0 N–H and O–H groups in total. The third kappa shape index (κ3) is 10.9. The fraction of sp³-hybridized carbons (Fsp3) is 0.571. The summed E-state index contributed by atoms with van der Waals surface area (Å²) in [6.07, 6.45) is 9.51. The Morgan fingerprint density at radius 2 is 1.50 bits per heavy atom. The van der Waals surface area contributed by atoms with E-state index >= 15 is 0 Å². The van der Waals surface area contributed by atoms with Crippen LogP contribution in [0.3, 0.4) is 0 Å². The van der Waals surface area contributed by atoms with Crippen molar-refractivity contribution in [3.05, 3.63) is 24.3 Å². The van der Waals surface area contributed by atoms with Crippen LogP contribution in [0.1, 0.15) is 39.5 Å². The van der Waals surface area contributed by atoms with Gasteiger partial charge in [-0.15, -0.1) is 0 Å². The van der Waals surface area contributed by atoms with E-state index in [4.69, 9.17) is 9.47 Å². The second-order valence-electron chi connectivity index (χ2n) is 3.71. The van der Waals surface area contributed by atoms with Gasteiger partial charge in [-0.1, -0.05) is 19.1 Å². The van der Waals surface area contributed by atoms with Gasteiger partial charge in [0.2, 0.25) is 0 Å². The molecule has 0 fully saturated rings. The van der Waals surface area contributed by atoms with Gasteiger partial charge in [-0.3, -0.25) is 0 Å². The fourth-order valence-corrected chi connectivity index (χ4v) is 1.17. The minimum Gasteiger partial charge on any atom is -0.463 e. The zero-order valence-corrected chi connectivity index (χ0v) is 11.2. The third-order valence-electron chi connectivity index (χ3n) is 2.07. The SMILES string of the molecule is CC=CC(=O)OCCCCCOC(=O)C=CCC. The van der Waals surface area contributed by atoms with Gasteiger partial charge < -0.3 is 9.47 Å². The van der Waals surface area contributed by atoms with E-state index in [1.807, 2.05) is 6.92 Å². The van der Waals surface area contributed by atoms with Crippen molar-refractivity contribution in [2.24, 2.45) is 0 Å². The monoisotopic (exact) mass is 254 g/mol. The maximum Gasteiger partial charge on any atom is 0.330 e. The molecule has 4 nitrogen and oxygen atoms in total. The van der Waals surface area contributed by atoms with Crippen molar-refractivity contribution in [2.45, 2.75) is 39.5 Å². The van der Waals surface area contributed by atoms with Crippen LogP contribution in [0, 0.1) is 0 Å². The summed E-state index contributed by atoms with van der Waals surface area (Å²) in [5.41, 5.74) is 0. The average Bonchev–Trinajstić information content (AvgIpc) is 2.35. The van der Waals surface area contributed by atoms with Crippen molar-refractivity contribution in [3.63, 3.8) is 0 Å². The summed E-state index contributed by atoms with van der Waals surface area (Å²) in [4.78, 5) is 22.0. The lowest BCUT2D eigenvalue weighted by Gasteiger charge is -2.03. The highest BCUT2D eigenvalue weighted by Crippen LogP contribution is 1.98. The molecule has 18 heavy (non-hydrogen) atoms. The van der Waals surface area contributed by atoms with Crippen molar-refractivity contribution in [2.75, 3.05) is 13.2 Å². The summed E-state index contributed by atoms with van der Waals surface area (Å²) in [5, 5.41) is 0. The number of hydrogen-bond donors (Lipinski definition) is 0. The van der Waals surface area contributed by atoms with Crippen LogP contribution in [0.4, 0.5) is 0 Å². The zero-order chi connectivity index (χ0) is 13.6. The highest BCUT2D eigenvalue weighted by atomic mass is 16.5. The van der Waals surface area contributed by atoms with Gasteiger partial charge in [-0.2, -0.15) is 0 Å². The Morgan fingerprint density at radius 1 is 0.944 bits per heavy atom. The Balaban J connectivity index is 3.33. The van der Waals surface area contributed by atoms with Gasteiger partial charge in [0.1, 0.15) is 0 Å². The number of carbonyl (C=O) groups is 2. The van der Waals surface area contributed by atoms with E-state index in [0.29, 0.717) is 13.2 Å². The van der Waals surface area contributed by atoms with E-state index in [0.717, 1.165) is 25.7 Å². The number of hydrogen-bond acceptors (Lipinski definition) is 4. The maximum absolute atomic E-state index is 11.1. The Kier molecular flexibility index (Phi) is 10.8. The molecular formula is C14H22O4. The molecule has 0 aliphatic carbocycles. The molecule has 0 heterocycles. The van der Waals surface area contributed by atoms with Crippen LogP contribution in [-0.4, -0.2) is 25.2 Å². The van der Waals surface area contributed by atoms with Crippen molar-refractivity contribution < 1.29 is 19.1 Å². The normalized spacial score (nSPS) is 11.0. The van der Waals surface area contributed by atoms with Crippen molar-refractivity contribution in [1.82, 2.24) is 0 Å². The first-order valence-corrected chi connectivity index (χ1v) is 6.33. The van der Waals surface area contributed by atoms with Crippen LogP contribution in [0.25, 0.3) is 0 Å². The van der Waals surface area contributed by atoms with Gasteiger partial charge in [0.15, 0.2) is 0 Å². The van der Waals surface area contributed by atoms with Gasteiger partial charge in [0.05, 0.1) is 13.2 Å². The van der Waals surface area contributed by atoms with E-state index in [1.54, 1.807) is 19.1 Å². The number of esters is 2. The Labute approximate surface area is 109 Å². The van der Waals surface area contributed by atoms with Gasteiger partial charge in [0, 0.05) is 12.2 Å². The molecule has 0 aromatic carbocycles. The Morgan fingerprint density at radius 3 is 2.00 bits per heavy atom. The number of unbranched alkanes of at least 4 members (excludes halogenated alkanes) is 2. The molecule has 0 aromatic heterocycles.